The molecule has 0 fully saturated rings. The van der Waals surface area contributed by atoms with E-state index in [1.165, 1.54) is 6.07 Å². The minimum absolute atomic E-state index is 0.0671. The molecular weight excluding hydrogens is 364 g/mol. The van der Waals surface area contributed by atoms with Crippen molar-refractivity contribution in [3.05, 3.63) is 22.9 Å². The summed E-state index contributed by atoms with van der Waals surface area (Å²) >= 11 is 1.11. The first-order valence-electron chi connectivity index (χ1n) is 8.58. The number of ether oxygens (including phenoxy) is 1. The Hall–Kier alpha value is -2.58. The maximum Gasteiger partial charge on any atom is 0.340 e. The molecule has 8 heteroatoms. The van der Waals surface area contributed by atoms with E-state index < -0.39 is 16.8 Å². The SMILES string of the molecule is CCOC(=O)c1cc(C#N)c(SC(C)C(=O)NC(C)(C#N)C(C)C)nc1C. The highest BCUT2D eigenvalue weighted by Crippen LogP contribution is 2.28. The Morgan fingerprint density at radius 3 is 2.48 bits per heavy atom. The molecular formula is C19H24N4O3S. The first-order valence-corrected chi connectivity index (χ1v) is 9.46. The average molecular weight is 388 g/mol. The highest BCUT2D eigenvalue weighted by atomic mass is 32.2. The second-order valence-corrected chi connectivity index (χ2v) is 7.85. The van der Waals surface area contributed by atoms with Crippen LogP contribution in [0.1, 0.15) is 56.2 Å². The molecule has 1 amide bonds. The topological polar surface area (TPSA) is 116 Å². The fourth-order valence-corrected chi connectivity index (χ4v) is 2.97. The van der Waals surface area contributed by atoms with E-state index in [0.717, 1.165) is 11.8 Å². The van der Waals surface area contributed by atoms with Crippen molar-refractivity contribution < 1.29 is 14.3 Å². The van der Waals surface area contributed by atoms with Crippen molar-refractivity contribution in [2.24, 2.45) is 5.92 Å². The number of esters is 1. The fraction of sp³-hybridized carbons (Fsp3) is 0.526. The van der Waals surface area contributed by atoms with Gasteiger partial charge in [-0.1, -0.05) is 25.6 Å². The molecule has 2 unspecified atom stereocenters. The number of hydrogen-bond donors (Lipinski definition) is 1. The normalized spacial score (nSPS) is 13.8. The molecule has 0 radical (unpaired) electrons. The molecule has 0 aliphatic heterocycles. The van der Waals surface area contributed by atoms with Gasteiger partial charge in [-0.2, -0.15) is 10.5 Å². The molecule has 0 spiro atoms. The first-order chi connectivity index (χ1) is 12.6. The molecule has 1 aromatic heterocycles. The van der Waals surface area contributed by atoms with E-state index in [1.807, 2.05) is 19.9 Å². The van der Waals surface area contributed by atoms with Gasteiger partial charge in [-0.3, -0.25) is 4.79 Å². The van der Waals surface area contributed by atoms with Gasteiger partial charge >= 0.3 is 5.97 Å². The van der Waals surface area contributed by atoms with Crippen LogP contribution >= 0.6 is 11.8 Å². The summed E-state index contributed by atoms with van der Waals surface area (Å²) in [5.41, 5.74) is -0.139. The van der Waals surface area contributed by atoms with Gasteiger partial charge in [0.25, 0.3) is 0 Å². The van der Waals surface area contributed by atoms with Crippen molar-refractivity contribution in [2.75, 3.05) is 6.61 Å². The average Bonchev–Trinajstić information content (AvgIpc) is 2.61. The maximum atomic E-state index is 12.5. The van der Waals surface area contributed by atoms with Gasteiger partial charge in [-0.15, -0.1) is 0 Å². The zero-order valence-electron chi connectivity index (χ0n) is 16.4. The van der Waals surface area contributed by atoms with Crippen LogP contribution in [0.4, 0.5) is 0 Å². The van der Waals surface area contributed by atoms with Crippen LogP contribution in [0.5, 0.6) is 0 Å². The van der Waals surface area contributed by atoms with Crippen LogP contribution in [0.2, 0.25) is 0 Å². The molecule has 1 rings (SSSR count). The second-order valence-electron chi connectivity index (χ2n) is 6.52. The van der Waals surface area contributed by atoms with Crippen LogP contribution in [0, 0.1) is 35.5 Å². The Kier molecular flexibility index (Phi) is 7.81. The van der Waals surface area contributed by atoms with Gasteiger partial charge in [-0.05, 0) is 39.7 Å². The number of nitrogens with zero attached hydrogens (tertiary/aromatic N) is 3. The van der Waals surface area contributed by atoms with Crippen LogP contribution in [0.25, 0.3) is 0 Å². The van der Waals surface area contributed by atoms with Crippen molar-refractivity contribution in [1.29, 1.82) is 10.5 Å². The summed E-state index contributed by atoms with van der Waals surface area (Å²) in [5.74, 6) is -0.929. The summed E-state index contributed by atoms with van der Waals surface area (Å²) < 4.78 is 4.97. The van der Waals surface area contributed by atoms with E-state index in [4.69, 9.17) is 4.74 Å². The predicted molar refractivity (Wildman–Crippen MR) is 102 cm³/mol. The summed E-state index contributed by atoms with van der Waals surface area (Å²) in [5, 5.41) is 21.3. The Balaban J connectivity index is 3.06. The van der Waals surface area contributed by atoms with Crippen LogP contribution in [-0.4, -0.2) is 34.3 Å². The van der Waals surface area contributed by atoms with Crippen LogP contribution < -0.4 is 5.32 Å². The first kappa shape index (κ1) is 22.5. The number of carbonyl (C=O) groups excluding carboxylic acids is 2. The van der Waals surface area contributed by atoms with E-state index in [-0.39, 0.29) is 29.6 Å². The summed E-state index contributed by atoms with van der Waals surface area (Å²) in [6, 6.07) is 5.57. The van der Waals surface area contributed by atoms with E-state index in [2.05, 4.69) is 16.4 Å². The smallest absolute Gasteiger partial charge is 0.340 e. The van der Waals surface area contributed by atoms with E-state index >= 15 is 0 Å². The number of rotatable bonds is 7. The number of pyridine rings is 1. The molecule has 0 bridgehead atoms. The molecule has 27 heavy (non-hydrogen) atoms. The molecule has 2 atom stereocenters. The number of aryl methyl sites for hydroxylation is 1. The lowest BCUT2D eigenvalue weighted by Gasteiger charge is -2.28. The molecule has 0 aliphatic carbocycles. The molecule has 0 saturated heterocycles. The zero-order chi connectivity index (χ0) is 20.8. The number of carbonyl (C=O) groups is 2. The van der Waals surface area contributed by atoms with Crippen molar-refractivity contribution in [2.45, 2.75) is 57.4 Å². The predicted octanol–water partition coefficient (Wildman–Crippen LogP) is 2.97. The van der Waals surface area contributed by atoms with Gasteiger partial charge in [-0.25, -0.2) is 9.78 Å². The lowest BCUT2D eigenvalue weighted by molar-refractivity contribution is -0.121. The van der Waals surface area contributed by atoms with Gasteiger partial charge in [0, 0.05) is 0 Å². The third kappa shape index (κ3) is 5.45. The largest absolute Gasteiger partial charge is 0.462 e. The summed E-state index contributed by atoms with van der Waals surface area (Å²) in [4.78, 5) is 28.8. The van der Waals surface area contributed by atoms with Gasteiger partial charge < -0.3 is 10.1 Å². The number of nitrogens with one attached hydrogen (secondary N) is 1. The van der Waals surface area contributed by atoms with Crippen molar-refractivity contribution in [1.82, 2.24) is 10.3 Å². The Morgan fingerprint density at radius 1 is 1.37 bits per heavy atom. The number of amides is 1. The molecule has 1 heterocycles. The second kappa shape index (κ2) is 9.38. The number of hydrogen-bond acceptors (Lipinski definition) is 7. The highest BCUT2D eigenvalue weighted by molar-refractivity contribution is 8.00. The van der Waals surface area contributed by atoms with Crippen LogP contribution in [0.3, 0.4) is 0 Å². The molecule has 1 aromatic rings. The van der Waals surface area contributed by atoms with E-state index in [1.54, 1.807) is 27.7 Å². The lowest BCUT2D eigenvalue weighted by atomic mass is 9.90. The molecule has 0 aromatic carbocycles. The van der Waals surface area contributed by atoms with Crippen LogP contribution in [0.15, 0.2) is 11.1 Å². The standard InChI is InChI=1S/C19H24N4O3S/c1-7-26-18(25)15-8-14(9-20)17(22-12(15)4)27-13(5)16(24)23-19(6,10-21)11(2)3/h8,11,13H,7H2,1-6H3,(H,23,24). The monoisotopic (exact) mass is 388 g/mol. The number of thioether (sulfide) groups is 1. The Bertz CT molecular complexity index is 810. The molecule has 0 saturated carbocycles. The van der Waals surface area contributed by atoms with Crippen molar-refractivity contribution >= 4 is 23.6 Å². The number of aromatic nitrogens is 1. The summed E-state index contributed by atoms with van der Waals surface area (Å²) in [6.45, 7) is 10.6. The van der Waals surface area contributed by atoms with Gasteiger partial charge in [0.15, 0.2) is 0 Å². The Labute approximate surface area is 164 Å². The zero-order valence-corrected chi connectivity index (χ0v) is 17.2. The lowest BCUT2D eigenvalue weighted by Crippen LogP contribution is -2.51. The molecule has 0 aliphatic rings. The third-order valence-electron chi connectivity index (χ3n) is 4.22. The quantitative estimate of drug-likeness (QED) is 0.564. The van der Waals surface area contributed by atoms with Gasteiger partial charge in [0.1, 0.15) is 16.6 Å². The van der Waals surface area contributed by atoms with E-state index in [0.29, 0.717) is 10.7 Å². The molecule has 144 valence electrons. The van der Waals surface area contributed by atoms with Crippen LogP contribution in [-0.2, 0) is 9.53 Å². The third-order valence-corrected chi connectivity index (χ3v) is 5.32. The molecule has 1 N–H and O–H groups in total. The fourth-order valence-electron chi connectivity index (χ4n) is 2.05. The van der Waals surface area contributed by atoms with Crippen molar-refractivity contribution in [3.63, 3.8) is 0 Å². The van der Waals surface area contributed by atoms with E-state index in [9.17, 15) is 20.1 Å². The van der Waals surface area contributed by atoms with Crippen molar-refractivity contribution in [3.8, 4) is 12.1 Å². The maximum absolute atomic E-state index is 12.5. The molecule has 7 nitrogen and oxygen atoms in total. The summed E-state index contributed by atoms with van der Waals surface area (Å²) in [6.07, 6.45) is 0. The highest BCUT2D eigenvalue weighted by Gasteiger charge is 2.32. The minimum Gasteiger partial charge on any atom is -0.462 e. The summed E-state index contributed by atoms with van der Waals surface area (Å²) in [7, 11) is 0. The van der Waals surface area contributed by atoms with Gasteiger partial charge in [0.2, 0.25) is 5.91 Å². The minimum atomic E-state index is -0.985. The Morgan fingerprint density at radius 2 is 2.00 bits per heavy atom. The number of nitriles is 2. The van der Waals surface area contributed by atoms with Gasteiger partial charge in [0.05, 0.1) is 34.7 Å².